The first-order valence-electron chi connectivity index (χ1n) is 4.41. The van der Waals surface area contributed by atoms with Gasteiger partial charge in [0.1, 0.15) is 5.75 Å². The first kappa shape index (κ1) is 8.76. The molecule has 0 N–H and O–H groups in total. The predicted octanol–water partition coefficient (Wildman–Crippen LogP) is 1.45. The van der Waals surface area contributed by atoms with E-state index in [9.17, 15) is 4.79 Å². The smallest absolute Gasteiger partial charge is 0.170 e. The predicted molar refractivity (Wildman–Crippen MR) is 50.0 cm³/mol. The lowest BCUT2D eigenvalue weighted by Gasteiger charge is -2.04. The van der Waals surface area contributed by atoms with Crippen molar-refractivity contribution in [2.24, 2.45) is 0 Å². The number of Topliss-reactive ketones (excluding diaryl/α,β-unsaturated/α-hetero) is 1. The molecule has 0 bridgehead atoms. The van der Waals surface area contributed by atoms with E-state index >= 15 is 0 Å². The monoisotopic (exact) mass is 187 g/mol. The van der Waals surface area contributed by atoms with Crippen molar-refractivity contribution in [1.29, 1.82) is 5.26 Å². The Hall–Kier alpha value is -1.82. The van der Waals surface area contributed by atoms with Crippen molar-refractivity contribution in [3.05, 3.63) is 29.3 Å². The van der Waals surface area contributed by atoms with Crippen LogP contribution in [0.1, 0.15) is 18.1 Å². The molecule has 0 amide bonds. The highest BCUT2D eigenvalue weighted by molar-refractivity contribution is 5.82. The van der Waals surface area contributed by atoms with Crippen molar-refractivity contribution in [2.75, 3.05) is 0 Å². The summed E-state index contributed by atoms with van der Waals surface area (Å²) in [5.41, 5.74) is 1.56. The fourth-order valence-corrected chi connectivity index (χ4v) is 1.54. The van der Waals surface area contributed by atoms with Crippen molar-refractivity contribution < 1.29 is 9.53 Å². The summed E-state index contributed by atoms with van der Waals surface area (Å²) in [7, 11) is 0. The number of fused-ring (bicyclic) bond motifs is 1. The molecule has 1 aliphatic heterocycles. The molecular weight excluding hydrogens is 178 g/mol. The highest BCUT2D eigenvalue weighted by Crippen LogP contribution is 2.29. The minimum atomic E-state index is -0.362. The fourth-order valence-electron chi connectivity index (χ4n) is 1.54. The third-order valence-corrected chi connectivity index (χ3v) is 2.32. The van der Waals surface area contributed by atoms with E-state index in [4.69, 9.17) is 10.00 Å². The maximum atomic E-state index is 11.1. The summed E-state index contributed by atoms with van der Waals surface area (Å²) in [6, 6.07) is 7.28. The van der Waals surface area contributed by atoms with Gasteiger partial charge in [-0.2, -0.15) is 5.26 Å². The Labute approximate surface area is 81.9 Å². The van der Waals surface area contributed by atoms with Crippen LogP contribution in [0.25, 0.3) is 0 Å². The van der Waals surface area contributed by atoms with Crippen molar-refractivity contribution in [2.45, 2.75) is 19.4 Å². The molecule has 0 radical (unpaired) electrons. The lowest BCUT2D eigenvalue weighted by molar-refractivity contribution is -0.122. The standard InChI is InChI=1S/C11H9NO2/c1-7(13)11-5-9-4-8(6-12)2-3-10(9)14-11/h2-4,11H,5H2,1H3. The first-order chi connectivity index (χ1) is 6.70. The first-order valence-corrected chi connectivity index (χ1v) is 4.41. The molecule has 14 heavy (non-hydrogen) atoms. The molecule has 2 rings (SSSR count). The van der Waals surface area contributed by atoms with Crippen molar-refractivity contribution in [3.8, 4) is 11.8 Å². The van der Waals surface area contributed by atoms with Crippen LogP contribution < -0.4 is 4.74 Å². The molecule has 1 aromatic rings. The molecule has 1 heterocycles. The Balaban J connectivity index is 2.32. The third kappa shape index (κ3) is 1.35. The van der Waals surface area contributed by atoms with Gasteiger partial charge in [-0.25, -0.2) is 0 Å². The van der Waals surface area contributed by atoms with Crippen LogP contribution >= 0.6 is 0 Å². The molecule has 1 unspecified atom stereocenters. The number of hydrogen-bond donors (Lipinski definition) is 0. The molecular formula is C11H9NO2. The number of nitriles is 1. The zero-order chi connectivity index (χ0) is 10.1. The van der Waals surface area contributed by atoms with Gasteiger partial charge in [0.05, 0.1) is 11.6 Å². The number of ether oxygens (including phenoxy) is 1. The molecule has 0 spiro atoms. The summed E-state index contributed by atoms with van der Waals surface area (Å²) in [6.07, 6.45) is 0.221. The molecule has 1 aromatic carbocycles. The molecule has 1 atom stereocenters. The van der Waals surface area contributed by atoms with E-state index in [0.717, 1.165) is 11.3 Å². The van der Waals surface area contributed by atoms with Crippen molar-refractivity contribution in [1.82, 2.24) is 0 Å². The zero-order valence-corrected chi connectivity index (χ0v) is 7.78. The van der Waals surface area contributed by atoms with Crippen LogP contribution in [-0.4, -0.2) is 11.9 Å². The van der Waals surface area contributed by atoms with Crippen LogP contribution in [0.2, 0.25) is 0 Å². The Morgan fingerprint density at radius 2 is 2.43 bits per heavy atom. The van der Waals surface area contributed by atoms with Gasteiger partial charge in [-0.15, -0.1) is 0 Å². The third-order valence-electron chi connectivity index (χ3n) is 2.32. The van der Waals surface area contributed by atoms with E-state index in [1.807, 2.05) is 0 Å². The Morgan fingerprint density at radius 1 is 1.64 bits per heavy atom. The van der Waals surface area contributed by atoms with Crippen molar-refractivity contribution in [3.63, 3.8) is 0 Å². The molecule has 70 valence electrons. The van der Waals surface area contributed by atoms with E-state index in [1.54, 1.807) is 18.2 Å². The summed E-state index contributed by atoms with van der Waals surface area (Å²) >= 11 is 0. The minimum absolute atomic E-state index is 0.0275. The Morgan fingerprint density at radius 3 is 3.07 bits per heavy atom. The largest absolute Gasteiger partial charge is 0.482 e. The number of carbonyl (C=O) groups is 1. The molecule has 3 nitrogen and oxygen atoms in total. The average Bonchev–Trinajstić information content (AvgIpc) is 2.59. The zero-order valence-electron chi connectivity index (χ0n) is 7.78. The van der Waals surface area contributed by atoms with Gasteiger partial charge in [0, 0.05) is 6.42 Å². The fraction of sp³-hybridized carbons (Fsp3) is 0.273. The van der Waals surface area contributed by atoms with Gasteiger partial charge < -0.3 is 4.74 Å². The van der Waals surface area contributed by atoms with E-state index in [2.05, 4.69) is 6.07 Å². The van der Waals surface area contributed by atoms with Crippen LogP contribution in [0.15, 0.2) is 18.2 Å². The van der Waals surface area contributed by atoms with Crippen LogP contribution in [0.5, 0.6) is 5.75 Å². The van der Waals surface area contributed by atoms with Gasteiger partial charge in [-0.1, -0.05) is 0 Å². The van der Waals surface area contributed by atoms with Crippen LogP contribution in [0.3, 0.4) is 0 Å². The van der Waals surface area contributed by atoms with E-state index in [1.165, 1.54) is 6.92 Å². The average molecular weight is 187 g/mol. The molecule has 0 saturated carbocycles. The van der Waals surface area contributed by atoms with Gasteiger partial charge >= 0.3 is 0 Å². The van der Waals surface area contributed by atoms with Crippen LogP contribution in [0, 0.1) is 11.3 Å². The maximum absolute atomic E-state index is 11.1. The van der Waals surface area contributed by atoms with E-state index in [-0.39, 0.29) is 11.9 Å². The number of ketones is 1. The molecule has 0 saturated heterocycles. The summed E-state index contributed by atoms with van der Waals surface area (Å²) in [6.45, 7) is 1.52. The van der Waals surface area contributed by atoms with Crippen LogP contribution in [0.4, 0.5) is 0 Å². The highest BCUT2D eigenvalue weighted by atomic mass is 16.5. The normalized spacial score (nSPS) is 18.1. The van der Waals surface area contributed by atoms with Gasteiger partial charge in [0.15, 0.2) is 11.9 Å². The topological polar surface area (TPSA) is 50.1 Å². The summed E-state index contributed by atoms with van der Waals surface area (Å²) in [5, 5.41) is 8.69. The van der Waals surface area contributed by atoms with Gasteiger partial charge in [0.2, 0.25) is 0 Å². The summed E-state index contributed by atoms with van der Waals surface area (Å²) in [5.74, 6) is 0.754. The van der Waals surface area contributed by atoms with Gasteiger partial charge in [0.25, 0.3) is 0 Å². The Kier molecular flexibility index (Phi) is 1.97. The molecule has 3 heteroatoms. The summed E-state index contributed by atoms with van der Waals surface area (Å²) in [4.78, 5) is 11.1. The SMILES string of the molecule is CC(=O)C1Cc2cc(C#N)ccc2O1. The molecule has 1 aliphatic rings. The lowest BCUT2D eigenvalue weighted by Crippen LogP contribution is -2.21. The molecule has 0 aromatic heterocycles. The minimum Gasteiger partial charge on any atom is -0.482 e. The lowest BCUT2D eigenvalue weighted by atomic mass is 10.1. The number of rotatable bonds is 1. The van der Waals surface area contributed by atoms with Gasteiger partial charge in [-0.05, 0) is 30.7 Å². The second kappa shape index (κ2) is 3.15. The summed E-state index contributed by atoms with van der Waals surface area (Å²) < 4.78 is 5.41. The highest BCUT2D eigenvalue weighted by Gasteiger charge is 2.26. The van der Waals surface area contributed by atoms with Gasteiger partial charge in [-0.3, -0.25) is 4.79 Å². The number of benzene rings is 1. The quantitative estimate of drug-likeness (QED) is 0.668. The molecule has 0 aliphatic carbocycles. The van der Waals surface area contributed by atoms with E-state index < -0.39 is 0 Å². The number of carbonyl (C=O) groups excluding carboxylic acids is 1. The second-order valence-corrected chi connectivity index (χ2v) is 3.36. The molecule has 0 fully saturated rings. The maximum Gasteiger partial charge on any atom is 0.170 e. The van der Waals surface area contributed by atoms with E-state index in [0.29, 0.717) is 12.0 Å². The Bertz CT molecular complexity index is 431. The second-order valence-electron chi connectivity index (χ2n) is 3.36. The number of nitrogens with zero attached hydrogens (tertiary/aromatic N) is 1. The number of hydrogen-bond acceptors (Lipinski definition) is 3. The van der Waals surface area contributed by atoms with Crippen molar-refractivity contribution >= 4 is 5.78 Å². The van der Waals surface area contributed by atoms with Crippen LogP contribution in [-0.2, 0) is 11.2 Å².